The molecular formula is C19H17N3O. The highest BCUT2D eigenvalue weighted by Crippen LogP contribution is 2.37. The Kier molecular flexibility index (Phi) is 3.42. The van der Waals surface area contributed by atoms with Crippen LogP contribution in [-0.2, 0) is 0 Å². The van der Waals surface area contributed by atoms with Crippen LogP contribution in [0.3, 0.4) is 0 Å². The zero-order valence-corrected chi connectivity index (χ0v) is 12.6. The second kappa shape index (κ2) is 5.72. The van der Waals surface area contributed by atoms with Crippen molar-refractivity contribution in [2.75, 3.05) is 0 Å². The van der Waals surface area contributed by atoms with Gasteiger partial charge < -0.3 is 10.2 Å². The number of aliphatic imine (C=N–C) groups is 1. The Labute approximate surface area is 134 Å². The monoisotopic (exact) mass is 303 g/mol. The van der Waals surface area contributed by atoms with Gasteiger partial charge in [-0.3, -0.25) is 4.99 Å². The molecule has 3 aromatic rings. The van der Waals surface area contributed by atoms with E-state index in [9.17, 15) is 0 Å². The molecule has 0 saturated carbocycles. The summed E-state index contributed by atoms with van der Waals surface area (Å²) in [6.07, 6.45) is 1.66. The van der Waals surface area contributed by atoms with Gasteiger partial charge in [-0.1, -0.05) is 60.7 Å². The molecule has 0 fully saturated rings. The average molecular weight is 303 g/mol. The quantitative estimate of drug-likeness (QED) is 0.788. The summed E-state index contributed by atoms with van der Waals surface area (Å²) in [5.74, 6) is 2.10. The summed E-state index contributed by atoms with van der Waals surface area (Å²) in [4.78, 5) is 9.18. The standard InChI is InChI=1S/C19H17N3O/c20-16-12-11-15(21-16)19-22-17(13-7-3-1-4-8-13)18(23-19)14-9-5-2-6-10-14/h1-10,15H,11-12H2,(H2,20,21). The fourth-order valence-corrected chi connectivity index (χ4v) is 2.85. The molecule has 2 heterocycles. The number of rotatable bonds is 3. The minimum absolute atomic E-state index is 0.0741. The molecule has 1 aliphatic rings. The summed E-state index contributed by atoms with van der Waals surface area (Å²) < 4.78 is 6.11. The highest BCUT2D eigenvalue weighted by Gasteiger charge is 2.25. The van der Waals surface area contributed by atoms with E-state index in [1.807, 2.05) is 60.7 Å². The molecule has 4 heteroatoms. The summed E-state index contributed by atoms with van der Waals surface area (Å²) >= 11 is 0. The molecule has 114 valence electrons. The van der Waals surface area contributed by atoms with Crippen LogP contribution < -0.4 is 5.73 Å². The van der Waals surface area contributed by atoms with Crippen LogP contribution in [0.25, 0.3) is 22.6 Å². The van der Waals surface area contributed by atoms with Crippen molar-refractivity contribution in [3.05, 3.63) is 66.6 Å². The van der Waals surface area contributed by atoms with Gasteiger partial charge in [-0.05, 0) is 6.42 Å². The molecule has 1 unspecified atom stereocenters. The Balaban J connectivity index is 1.85. The fourth-order valence-electron chi connectivity index (χ4n) is 2.85. The molecular weight excluding hydrogens is 286 g/mol. The number of aromatic nitrogens is 1. The number of nitrogens with zero attached hydrogens (tertiary/aromatic N) is 2. The predicted molar refractivity (Wildman–Crippen MR) is 91.0 cm³/mol. The third kappa shape index (κ3) is 2.63. The number of hydrogen-bond donors (Lipinski definition) is 1. The Morgan fingerprint density at radius 1 is 0.913 bits per heavy atom. The third-order valence-electron chi connectivity index (χ3n) is 4.01. The highest BCUT2D eigenvalue weighted by molar-refractivity contribution is 5.82. The van der Waals surface area contributed by atoms with Crippen molar-refractivity contribution in [2.24, 2.45) is 10.7 Å². The van der Waals surface area contributed by atoms with Crippen molar-refractivity contribution in [2.45, 2.75) is 18.9 Å². The summed E-state index contributed by atoms with van der Waals surface area (Å²) in [7, 11) is 0. The maximum absolute atomic E-state index is 6.11. The van der Waals surface area contributed by atoms with E-state index in [0.717, 1.165) is 35.4 Å². The van der Waals surface area contributed by atoms with Gasteiger partial charge in [-0.2, -0.15) is 0 Å². The van der Waals surface area contributed by atoms with Crippen molar-refractivity contribution in [1.29, 1.82) is 0 Å². The van der Waals surface area contributed by atoms with Crippen LogP contribution >= 0.6 is 0 Å². The van der Waals surface area contributed by atoms with Gasteiger partial charge in [0.15, 0.2) is 5.76 Å². The Hall–Kier alpha value is -2.88. The Bertz CT molecular complexity index is 781. The molecule has 2 aromatic carbocycles. The molecule has 0 radical (unpaired) electrons. The molecule has 4 rings (SSSR count). The van der Waals surface area contributed by atoms with Crippen molar-refractivity contribution in [3.63, 3.8) is 0 Å². The Morgan fingerprint density at radius 3 is 2.17 bits per heavy atom. The van der Waals surface area contributed by atoms with E-state index >= 15 is 0 Å². The zero-order chi connectivity index (χ0) is 15.6. The Morgan fingerprint density at radius 2 is 1.57 bits per heavy atom. The number of oxazole rings is 1. The summed E-state index contributed by atoms with van der Waals surface area (Å²) in [5, 5.41) is 0. The lowest BCUT2D eigenvalue weighted by Gasteiger charge is -2.01. The van der Waals surface area contributed by atoms with E-state index in [0.29, 0.717) is 11.7 Å². The molecule has 23 heavy (non-hydrogen) atoms. The van der Waals surface area contributed by atoms with E-state index in [1.165, 1.54) is 0 Å². The van der Waals surface area contributed by atoms with Gasteiger partial charge in [0, 0.05) is 17.5 Å². The molecule has 0 spiro atoms. The molecule has 0 amide bonds. The summed E-state index contributed by atoms with van der Waals surface area (Å²) in [6, 6.07) is 20.1. The van der Waals surface area contributed by atoms with Crippen molar-refractivity contribution < 1.29 is 4.42 Å². The molecule has 0 saturated heterocycles. The van der Waals surface area contributed by atoms with Crippen LogP contribution in [0, 0.1) is 0 Å². The highest BCUT2D eigenvalue weighted by atomic mass is 16.4. The molecule has 4 nitrogen and oxygen atoms in total. The summed E-state index contributed by atoms with van der Waals surface area (Å²) in [5.41, 5.74) is 8.72. The maximum Gasteiger partial charge on any atom is 0.220 e. The minimum atomic E-state index is -0.0741. The van der Waals surface area contributed by atoms with Gasteiger partial charge in [-0.15, -0.1) is 0 Å². The number of benzene rings is 2. The predicted octanol–water partition coefficient (Wildman–Crippen LogP) is 4.20. The van der Waals surface area contributed by atoms with E-state index < -0.39 is 0 Å². The lowest BCUT2D eigenvalue weighted by molar-refractivity contribution is 0.459. The third-order valence-corrected chi connectivity index (χ3v) is 4.01. The number of amidine groups is 1. The average Bonchev–Trinajstić information content (AvgIpc) is 3.23. The topological polar surface area (TPSA) is 64.4 Å². The number of hydrogen-bond acceptors (Lipinski definition) is 4. The van der Waals surface area contributed by atoms with E-state index in [1.54, 1.807) is 0 Å². The van der Waals surface area contributed by atoms with Crippen LogP contribution in [0.4, 0.5) is 0 Å². The van der Waals surface area contributed by atoms with Crippen LogP contribution in [0.15, 0.2) is 70.1 Å². The smallest absolute Gasteiger partial charge is 0.220 e. The first-order chi connectivity index (χ1) is 11.3. The normalized spacial score (nSPS) is 17.2. The van der Waals surface area contributed by atoms with Crippen LogP contribution in [0.5, 0.6) is 0 Å². The first-order valence-electron chi connectivity index (χ1n) is 7.75. The van der Waals surface area contributed by atoms with Crippen LogP contribution in [-0.4, -0.2) is 10.8 Å². The lowest BCUT2D eigenvalue weighted by Crippen LogP contribution is -2.05. The van der Waals surface area contributed by atoms with Gasteiger partial charge in [0.05, 0.1) is 5.84 Å². The second-order valence-corrected chi connectivity index (χ2v) is 5.64. The van der Waals surface area contributed by atoms with E-state index in [4.69, 9.17) is 15.1 Å². The van der Waals surface area contributed by atoms with E-state index in [-0.39, 0.29) is 6.04 Å². The lowest BCUT2D eigenvalue weighted by atomic mass is 10.1. The van der Waals surface area contributed by atoms with Gasteiger partial charge in [0.25, 0.3) is 0 Å². The fraction of sp³-hybridized carbons (Fsp3) is 0.158. The molecule has 0 bridgehead atoms. The van der Waals surface area contributed by atoms with Gasteiger partial charge >= 0.3 is 0 Å². The van der Waals surface area contributed by atoms with Crippen LogP contribution in [0.1, 0.15) is 24.8 Å². The first-order valence-corrected chi connectivity index (χ1v) is 7.75. The molecule has 1 aromatic heterocycles. The molecule has 1 aliphatic heterocycles. The minimum Gasteiger partial charge on any atom is -0.438 e. The largest absolute Gasteiger partial charge is 0.438 e. The number of nitrogens with two attached hydrogens (primary N) is 1. The van der Waals surface area contributed by atoms with Crippen molar-refractivity contribution in [1.82, 2.24) is 4.98 Å². The van der Waals surface area contributed by atoms with Gasteiger partial charge in [0.1, 0.15) is 11.7 Å². The van der Waals surface area contributed by atoms with Gasteiger partial charge in [-0.25, -0.2) is 4.98 Å². The van der Waals surface area contributed by atoms with Gasteiger partial charge in [0.2, 0.25) is 5.89 Å². The molecule has 1 atom stereocenters. The molecule has 0 aliphatic carbocycles. The van der Waals surface area contributed by atoms with E-state index in [2.05, 4.69) is 4.99 Å². The first kappa shape index (κ1) is 13.8. The van der Waals surface area contributed by atoms with Crippen LogP contribution in [0.2, 0.25) is 0 Å². The van der Waals surface area contributed by atoms with Crippen molar-refractivity contribution >= 4 is 5.84 Å². The summed E-state index contributed by atoms with van der Waals surface area (Å²) in [6.45, 7) is 0. The van der Waals surface area contributed by atoms with Crippen molar-refractivity contribution in [3.8, 4) is 22.6 Å². The maximum atomic E-state index is 6.11. The second-order valence-electron chi connectivity index (χ2n) is 5.64. The zero-order valence-electron chi connectivity index (χ0n) is 12.6. The SMILES string of the molecule is NC1=NC(c2nc(-c3ccccc3)c(-c3ccccc3)o2)CC1. The molecule has 2 N–H and O–H groups in total.